The molecular formula is C39H44N4O12. The third-order valence-electron chi connectivity index (χ3n) is 10.2. The number of carbonyl (C=O) groups is 5. The molecule has 292 valence electrons. The van der Waals surface area contributed by atoms with E-state index < -0.39 is 48.6 Å². The number of aliphatic hydroxyl groups is 3. The first-order chi connectivity index (χ1) is 26.0. The lowest BCUT2D eigenvalue weighted by Gasteiger charge is -2.37. The minimum Gasteiger partial charge on any atom is -0.481 e. The summed E-state index contributed by atoms with van der Waals surface area (Å²) in [5.74, 6) is -4.08. The summed E-state index contributed by atoms with van der Waals surface area (Å²) in [6.07, 6.45) is -3.07. The van der Waals surface area contributed by atoms with Crippen molar-refractivity contribution in [3.63, 3.8) is 0 Å². The molecule has 0 aliphatic carbocycles. The van der Waals surface area contributed by atoms with E-state index in [0.717, 1.165) is 11.1 Å². The number of amides is 2. The van der Waals surface area contributed by atoms with Crippen molar-refractivity contribution < 1.29 is 59.0 Å². The van der Waals surface area contributed by atoms with Crippen molar-refractivity contribution in [2.24, 2.45) is 0 Å². The summed E-state index contributed by atoms with van der Waals surface area (Å²) in [5.41, 5.74) is 8.76. The highest BCUT2D eigenvalue weighted by atomic mass is 16.7. The highest BCUT2D eigenvalue weighted by Gasteiger charge is 2.48. The smallest absolute Gasteiger partial charge is 0.335 e. The van der Waals surface area contributed by atoms with Gasteiger partial charge in [-0.05, 0) is 80.5 Å². The number of hydrogen-bond acceptors (Lipinski definition) is 10. The number of aliphatic hydroxyl groups excluding tert-OH is 3. The summed E-state index contributed by atoms with van der Waals surface area (Å²) >= 11 is 0. The molecule has 3 aliphatic rings. The molecule has 1 fully saturated rings. The van der Waals surface area contributed by atoms with E-state index in [1.807, 2.05) is 13.8 Å². The Kier molecular flexibility index (Phi) is 12.0. The average Bonchev–Trinajstić information content (AvgIpc) is 3.78. The molecule has 1 saturated heterocycles. The molecule has 0 spiro atoms. The molecule has 2 aromatic heterocycles. The number of aliphatic carboxylic acids is 2. The number of nitrogens with one attached hydrogen (secondary N) is 4. The molecule has 16 nitrogen and oxygen atoms in total. The zero-order chi connectivity index (χ0) is 40.5. The fourth-order valence-electron chi connectivity index (χ4n) is 6.94. The van der Waals surface area contributed by atoms with Gasteiger partial charge >= 0.3 is 17.9 Å². The molecule has 0 bridgehead atoms. The van der Waals surface area contributed by atoms with Gasteiger partial charge in [-0.1, -0.05) is 25.3 Å². The van der Waals surface area contributed by atoms with Crippen molar-refractivity contribution in [3.05, 3.63) is 104 Å². The predicted octanol–water partition coefficient (Wildman–Crippen LogP) is 1.88. The lowest BCUT2D eigenvalue weighted by molar-refractivity contribution is -0.286. The van der Waals surface area contributed by atoms with Crippen LogP contribution in [0.4, 0.5) is 0 Å². The largest absolute Gasteiger partial charge is 0.481 e. The summed E-state index contributed by atoms with van der Waals surface area (Å²) in [6, 6.07) is 0. The number of rotatable bonds is 14. The van der Waals surface area contributed by atoms with Crippen LogP contribution in [-0.4, -0.2) is 95.9 Å². The van der Waals surface area contributed by atoms with Gasteiger partial charge in [-0.3, -0.25) is 19.2 Å². The first-order valence-electron chi connectivity index (χ1n) is 17.4. The highest BCUT2D eigenvalue weighted by Crippen LogP contribution is 2.32. The van der Waals surface area contributed by atoms with Crippen molar-refractivity contribution >= 4 is 41.9 Å². The van der Waals surface area contributed by atoms with Gasteiger partial charge < -0.3 is 55.6 Å². The van der Waals surface area contributed by atoms with Gasteiger partial charge in [0, 0.05) is 64.5 Å². The molecule has 2 amide bonds. The van der Waals surface area contributed by atoms with Crippen LogP contribution in [0, 0.1) is 13.8 Å². The van der Waals surface area contributed by atoms with E-state index in [4.69, 9.17) is 9.47 Å². The SMILES string of the molecule is C=CC1=C(C)/C(=C/c2[nH]c(Cc3[nH]c(/C=C4\NC(=O)C(C)=C4C=C)c(C)c3CCC(=O)O[C@@H]3O[C@H](C(=O)O)[C@@H](O)[C@H](O)[C@H]3O)c(CCC(=O)O)c2C)NC1=O. The minimum absolute atomic E-state index is 0.0625. The molecule has 5 rings (SSSR count). The Morgan fingerprint density at radius 2 is 1.29 bits per heavy atom. The molecule has 16 heteroatoms. The maximum Gasteiger partial charge on any atom is 0.335 e. The van der Waals surface area contributed by atoms with E-state index in [0.29, 0.717) is 67.6 Å². The van der Waals surface area contributed by atoms with Crippen molar-refractivity contribution in [2.75, 3.05) is 0 Å². The van der Waals surface area contributed by atoms with E-state index in [1.165, 1.54) is 6.08 Å². The van der Waals surface area contributed by atoms with E-state index >= 15 is 0 Å². The number of carboxylic acids is 2. The average molecular weight is 761 g/mol. The van der Waals surface area contributed by atoms with Gasteiger partial charge in [0.15, 0.2) is 6.10 Å². The monoisotopic (exact) mass is 760 g/mol. The van der Waals surface area contributed by atoms with Crippen LogP contribution in [0.25, 0.3) is 12.2 Å². The second kappa shape index (κ2) is 16.3. The Morgan fingerprint density at radius 3 is 1.82 bits per heavy atom. The summed E-state index contributed by atoms with van der Waals surface area (Å²) < 4.78 is 10.3. The van der Waals surface area contributed by atoms with Gasteiger partial charge in [0.1, 0.15) is 18.3 Å². The van der Waals surface area contributed by atoms with Crippen LogP contribution in [0.2, 0.25) is 0 Å². The molecule has 55 heavy (non-hydrogen) atoms. The first kappa shape index (κ1) is 40.4. The Morgan fingerprint density at radius 1 is 0.745 bits per heavy atom. The molecular weight excluding hydrogens is 716 g/mol. The number of aromatic amines is 2. The van der Waals surface area contributed by atoms with Crippen LogP contribution < -0.4 is 10.6 Å². The zero-order valence-corrected chi connectivity index (χ0v) is 30.7. The fraction of sp³-hybridized carbons (Fsp3) is 0.359. The van der Waals surface area contributed by atoms with E-state index in [2.05, 4.69) is 33.8 Å². The van der Waals surface area contributed by atoms with E-state index in [-0.39, 0.29) is 43.9 Å². The lowest BCUT2D eigenvalue weighted by atomic mass is 9.98. The number of hydrogen-bond donors (Lipinski definition) is 9. The third kappa shape index (κ3) is 8.17. The molecule has 0 unspecified atom stereocenters. The molecule has 2 aromatic rings. The Bertz CT molecular complexity index is 2110. The molecule has 0 saturated carbocycles. The maximum absolute atomic E-state index is 13.1. The molecule has 0 aromatic carbocycles. The number of carboxylic acid groups (broad SMARTS) is 2. The standard InChI is InChI=1S/C39H44N4O12/c1-7-20-19(6)36(50)43-27(20)14-25-18(5)23(10-12-31(46)54-39-34(49)32(47)33(48)35(55-39)38(52)53)29(41-25)15-28-22(9-11-30(44)45)17(4)24(40-28)13-26-16(3)21(8-2)37(51)42-26/h7-8,13-14,32-35,39-41,47-49H,1-2,9-12,15H2,3-6H3,(H,42,51)(H,43,50)(H,44,45)(H,52,53)/b26-13-,27-14-/t32-,33-,34+,35-,39+/m0/s1. The second-order valence-electron chi connectivity index (χ2n) is 13.5. The number of H-pyrrole nitrogens is 2. The first-order valence-corrected chi connectivity index (χ1v) is 17.4. The summed E-state index contributed by atoms with van der Waals surface area (Å²) in [4.78, 5) is 68.1. The molecule has 9 N–H and O–H groups in total. The predicted molar refractivity (Wildman–Crippen MR) is 197 cm³/mol. The third-order valence-corrected chi connectivity index (χ3v) is 10.2. The van der Waals surface area contributed by atoms with Gasteiger partial charge in [0.05, 0.1) is 5.70 Å². The zero-order valence-electron chi connectivity index (χ0n) is 30.7. The quantitative estimate of drug-likeness (QED) is 0.125. The van der Waals surface area contributed by atoms with Crippen LogP contribution in [0.15, 0.2) is 59.0 Å². The number of ether oxygens (including phenoxy) is 2. The molecule has 5 atom stereocenters. The van der Waals surface area contributed by atoms with Gasteiger partial charge in [0.2, 0.25) is 6.29 Å². The number of allylic oxidation sites excluding steroid dienone is 2. The Labute approximate surface area is 315 Å². The van der Waals surface area contributed by atoms with Crippen LogP contribution in [0.5, 0.6) is 0 Å². The van der Waals surface area contributed by atoms with Crippen molar-refractivity contribution in [2.45, 2.75) is 90.5 Å². The Hall–Kier alpha value is -5.81. The topological polar surface area (TPSA) is 261 Å². The lowest BCUT2D eigenvalue weighted by Crippen LogP contribution is -2.60. The van der Waals surface area contributed by atoms with Gasteiger partial charge in [-0.15, -0.1) is 0 Å². The molecule has 3 aliphatic heterocycles. The van der Waals surface area contributed by atoms with Crippen molar-refractivity contribution in [3.8, 4) is 0 Å². The van der Waals surface area contributed by atoms with Gasteiger partial charge in [0.25, 0.3) is 11.8 Å². The summed E-state index contributed by atoms with van der Waals surface area (Å²) in [5, 5.41) is 55.1. The number of carbonyl (C=O) groups excluding carboxylic acids is 3. The minimum atomic E-state index is -1.96. The van der Waals surface area contributed by atoms with Crippen molar-refractivity contribution in [1.29, 1.82) is 0 Å². The summed E-state index contributed by atoms with van der Waals surface area (Å²) in [6.45, 7) is 14.7. The number of esters is 1. The van der Waals surface area contributed by atoms with Crippen molar-refractivity contribution in [1.82, 2.24) is 20.6 Å². The number of aromatic nitrogens is 2. The Balaban J connectivity index is 1.51. The van der Waals surface area contributed by atoms with Crippen LogP contribution in [-0.2, 0) is 52.7 Å². The van der Waals surface area contributed by atoms with Crippen LogP contribution in [0.1, 0.15) is 71.7 Å². The van der Waals surface area contributed by atoms with Gasteiger partial charge in [-0.25, -0.2) is 4.79 Å². The van der Waals surface area contributed by atoms with E-state index in [1.54, 1.807) is 32.1 Å². The summed E-state index contributed by atoms with van der Waals surface area (Å²) in [7, 11) is 0. The fourth-order valence-corrected chi connectivity index (χ4v) is 6.94. The molecule has 0 radical (unpaired) electrons. The van der Waals surface area contributed by atoms with Crippen LogP contribution in [0.3, 0.4) is 0 Å². The van der Waals surface area contributed by atoms with E-state index in [9.17, 15) is 49.5 Å². The molecule has 5 heterocycles. The van der Waals surface area contributed by atoms with Crippen LogP contribution >= 0.6 is 0 Å². The maximum atomic E-state index is 13.1. The van der Waals surface area contributed by atoms with Gasteiger partial charge in [-0.2, -0.15) is 0 Å². The second-order valence-corrected chi connectivity index (χ2v) is 13.5. The highest BCUT2D eigenvalue weighted by molar-refractivity contribution is 6.03. The normalized spacial score (nSPS) is 24.1.